The summed E-state index contributed by atoms with van der Waals surface area (Å²) in [6.07, 6.45) is 16.0. The molecule has 37 heavy (non-hydrogen) atoms. The molecule has 0 saturated carbocycles. The van der Waals surface area contributed by atoms with Crippen LogP contribution in [-0.2, 0) is 19.5 Å². The maximum absolute atomic E-state index is 3.19. The van der Waals surface area contributed by atoms with E-state index >= 15 is 0 Å². The molecule has 195 valence electrons. The Balaban J connectivity index is 0.000000404. The first kappa shape index (κ1) is 30.6. The van der Waals surface area contributed by atoms with Gasteiger partial charge < -0.3 is 18.1 Å². The number of allylic oxidation sites excluding steroid dienone is 4. The zero-order chi connectivity index (χ0) is 25.4. The summed E-state index contributed by atoms with van der Waals surface area (Å²) in [6, 6.07) is 33.7. The van der Waals surface area contributed by atoms with Crippen LogP contribution in [0.1, 0.15) is 13.3 Å². The average Bonchev–Trinajstić information content (AvgIpc) is 3.57. The molecule has 4 heteroatoms. The average molecular weight is 635 g/mol. The van der Waals surface area contributed by atoms with Crippen molar-refractivity contribution < 1.29 is 19.5 Å². The van der Waals surface area contributed by atoms with Crippen LogP contribution in [0.4, 0.5) is 0 Å². The summed E-state index contributed by atoms with van der Waals surface area (Å²) >= 11 is 0. The van der Waals surface area contributed by atoms with Gasteiger partial charge in [0.05, 0.1) is 59.8 Å². The molecule has 3 aromatic rings. The molecule has 2 bridgehead atoms. The summed E-state index contributed by atoms with van der Waals surface area (Å²) in [5.74, 6) is 1.26. The summed E-state index contributed by atoms with van der Waals surface area (Å²) in [4.78, 5) is 0. The van der Waals surface area contributed by atoms with Gasteiger partial charge in [-0.05, 0) is 43.3 Å². The van der Waals surface area contributed by atoms with Gasteiger partial charge in [-0.3, -0.25) is 12.2 Å². The number of hydrogen-bond donors (Lipinski definition) is 0. The van der Waals surface area contributed by atoms with Gasteiger partial charge in [0, 0.05) is 23.8 Å². The van der Waals surface area contributed by atoms with Gasteiger partial charge in [-0.1, -0.05) is 66.9 Å². The van der Waals surface area contributed by atoms with Gasteiger partial charge in [0.2, 0.25) is 0 Å². The third-order valence-electron chi connectivity index (χ3n) is 7.41. The Morgan fingerprint density at radius 2 is 0.946 bits per heavy atom. The fourth-order valence-corrected chi connectivity index (χ4v) is 13.9. The summed E-state index contributed by atoms with van der Waals surface area (Å²) in [6.45, 7) is 10.2. The van der Waals surface area contributed by atoms with Crippen molar-refractivity contribution in [1.29, 1.82) is 0 Å². The van der Waals surface area contributed by atoms with Crippen LogP contribution in [0, 0.1) is 29.4 Å². The molecule has 0 N–H and O–H groups in total. The molecule has 0 heterocycles. The summed E-state index contributed by atoms with van der Waals surface area (Å²) in [7, 11) is -1.63. The van der Waals surface area contributed by atoms with Crippen LogP contribution < -0.4 is 15.9 Å². The van der Waals surface area contributed by atoms with Gasteiger partial charge in [0.25, 0.3) is 0 Å². The van der Waals surface area contributed by atoms with Gasteiger partial charge in [-0.25, -0.2) is 0 Å². The zero-order valence-corrected chi connectivity index (χ0v) is 27.3. The third kappa shape index (κ3) is 9.33. The fourth-order valence-electron chi connectivity index (χ4n) is 5.70. The van der Waals surface area contributed by atoms with E-state index in [1.165, 1.54) is 24.9 Å². The van der Waals surface area contributed by atoms with Crippen molar-refractivity contribution in [2.45, 2.75) is 13.3 Å². The Morgan fingerprint density at radius 3 is 1.16 bits per heavy atom. The minimum atomic E-state index is -0.544. The molecule has 3 unspecified atom stereocenters. The van der Waals surface area contributed by atoms with Crippen LogP contribution >= 0.6 is 23.8 Å². The summed E-state index contributed by atoms with van der Waals surface area (Å²) in [5, 5.41) is 4.74. The summed E-state index contributed by atoms with van der Waals surface area (Å²) < 4.78 is 0. The van der Waals surface area contributed by atoms with Crippen LogP contribution in [0.15, 0.2) is 103 Å². The molecule has 0 fully saturated rings. The second-order valence-electron chi connectivity index (χ2n) is 10.9. The monoisotopic (exact) mass is 634 g/mol. The topological polar surface area (TPSA) is 0 Å². The normalized spacial score (nSPS) is 21.2. The van der Waals surface area contributed by atoms with Crippen molar-refractivity contribution in [3.8, 4) is 0 Å². The molecule has 5 rings (SSSR count). The van der Waals surface area contributed by atoms with E-state index in [0.29, 0.717) is 17.3 Å². The predicted octanol–water partition coefficient (Wildman–Crippen LogP) is 6.85. The molecule has 2 aliphatic carbocycles. The van der Waals surface area contributed by atoms with E-state index in [4.69, 9.17) is 0 Å². The van der Waals surface area contributed by atoms with Gasteiger partial charge in [-0.15, -0.1) is 0 Å². The first-order chi connectivity index (χ1) is 17.4. The molecule has 3 atom stereocenters. The standard InChI is InChI=1S/C26H33P3.C7H6.Rh/c1-26(20-27(2)23-14-8-5-9-15-23,21-28(3)24-16-10-6-11-17-24)22-29(4)25-18-12-7-13-19-25;1-2-7-4-3-6(1)5-7;/h5-19H,20-22H2,1-4H3;1,3,6-7H,5H2;/q;-2;+2/p+3. The van der Waals surface area contributed by atoms with Crippen molar-refractivity contribution >= 4 is 39.7 Å². The van der Waals surface area contributed by atoms with Crippen LogP contribution in [-0.4, -0.2) is 38.5 Å². The molecular formula is C33H42P3Rh+3. The molecule has 0 spiro atoms. The number of benzene rings is 3. The smallest absolute Gasteiger partial charge is 0.527 e. The molecule has 0 aromatic heterocycles. The number of fused-ring (bicyclic) bond motifs is 2. The van der Waals surface area contributed by atoms with Gasteiger partial charge >= 0.3 is 19.5 Å². The SMILES string of the molecule is C[PH+](CC(C)(C[PH+](C)c1ccccc1)C[PH+](C)c1ccccc1)c1ccccc1.[C-]1=CC2C=[C-]C1C2.[Rh+2]. The Labute approximate surface area is 242 Å². The van der Waals surface area contributed by atoms with Crippen molar-refractivity contribution in [3.05, 3.63) is 115 Å². The molecule has 1 radical (unpaired) electrons. The minimum absolute atomic E-state index is 0. The largest absolute Gasteiger partial charge is 2.00 e. The number of rotatable bonds is 9. The van der Waals surface area contributed by atoms with Gasteiger partial charge in [-0.2, -0.15) is 0 Å². The Morgan fingerprint density at radius 1 is 0.622 bits per heavy atom. The van der Waals surface area contributed by atoms with E-state index in [1.807, 2.05) is 0 Å². The van der Waals surface area contributed by atoms with Crippen LogP contribution in [0.25, 0.3) is 0 Å². The molecule has 2 aliphatic rings. The Bertz CT molecular complexity index is 970. The maximum Gasteiger partial charge on any atom is 2.00 e. The van der Waals surface area contributed by atoms with Crippen molar-refractivity contribution in [1.82, 2.24) is 0 Å². The second-order valence-corrected chi connectivity index (χ2v) is 18.4. The van der Waals surface area contributed by atoms with Crippen molar-refractivity contribution in [2.75, 3.05) is 38.5 Å². The van der Waals surface area contributed by atoms with Crippen molar-refractivity contribution in [2.24, 2.45) is 17.3 Å². The first-order valence-electron chi connectivity index (χ1n) is 13.2. The third-order valence-corrected chi connectivity index (χ3v) is 15.5. The molecule has 0 amide bonds. The minimum Gasteiger partial charge on any atom is -0.527 e. The van der Waals surface area contributed by atoms with E-state index in [0.717, 1.165) is 0 Å². The Kier molecular flexibility index (Phi) is 12.4. The van der Waals surface area contributed by atoms with Crippen molar-refractivity contribution in [3.63, 3.8) is 0 Å². The second kappa shape index (κ2) is 15.0. The first-order valence-corrected chi connectivity index (χ1v) is 19.9. The van der Waals surface area contributed by atoms with E-state index in [9.17, 15) is 0 Å². The number of hydrogen-bond acceptors (Lipinski definition) is 0. The van der Waals surface area contributed by atoms with Gasteiger partial charge in [0.1, 0.15) is 0 Å². The fraction of sp³-hybridized carbons (Fsp3) is 0.333. The van der Waals surface area contributed by atoms with Crippen LogP contribution in [0.5, 0.6) is 0 Å². The van der Waals surface area contributed by atoms with E-state index < -0.39 is 23.8 Å². The van der Waals surface area contributed by atoms with E-state index in [-0.39, 0.29) is 19.5 Å². The molecule has 0 aliphatic heterocycles. The quantitative estimate of drug-likeness (QED) is 0.137. The molecule has 0 nitrogen and oxygen atoms in total. The predicted molar refractivity (Wildman–Crippen MR) is 171 cm³/mol. The summed E-state index contributed by atoms with van der Waals surface area (Å²) in [5.41, 5.74) is 0.413. The van der Waals surface area contributed by atoms with Crippen LogP contribution in [0.3, 0.4) is 0 Å². The van der Waals surface area contributed by atoms with Crippen LogP contribution in [0.2, 0.25) is 0 Å². The molecule has 3 aromatic carbocycles. The molecule has 0 saturated heterocycles. The van der Waals surface area contributed by atoms with E-state index in [2.05, 4.69) is 142 Å². The maximum atomic E-state index is 3.19. The molecular weight excluding hydrogens is 592 g/mol. The zero-order valence-electron chi connectivity index (χ0n) is 22.6. The van der Waals surface area contributed by atoms with Gasteiger partial charge in [0.15, 0.2) is 0 Å². The Hall–Kier alpha value is -0.947. The van der Waals surface area contributed by atoms with E-state index in [1.54, 1.807) is 15.9 Å².